The summed E-state index contributed by atoms with van der Waals surface area (Å²) in [5.74, 6) is 1.73. The molecule has 0 radical (unpaired) electrons. The van der Waals surface area contributed by atoms with Crippen molar-refractivity contribution < 1.29 is 19.7 Å². The number of phenols is 2. The highest BCUT2D eigenvalue weighted by atomic mass is 16.5. The topological polar surface area (TPSA) is 58.9 Å². The Morgan fingerprint density at radius 2 is 1.16 bits per heavy atom. The van der Waals surface area contributed by atoms with Crippen LogP contribution in [0.25, 0.3) is 0 Å². The molecule has 0 aliphatic rings. The van der Waals surface area contributed by atoms with Gasteiger partial charge < -0.3 is 19.7 Å². The van der Waals surface area contributed by atoms with Gasteiger partial charge in [-0.2, -0.15) is 0 Å². The second-order valence-corrected chi connectivity index (χ2v) is 6.74. The summed E-state index contributed by atoms with van der Waals surface area (Å²) in [6.45, 7) is 9.94. The molecular weight excluding hydrogens is 316 g/mol. The van der Waals surface area contributed by atoms with Crippen LogP contribution in [0, 0.1) is 0 Å². The van der Waals surface area contributed by atoms with Gasteiger partial charge in [-0.3, -0.25) is 0 Å². The first kappa shape index (κ1) is 19.0. The minimum atomic E-state index is 0.00394. The van der Waals surface area contributed by atoms with E-state index in [2.05, 4.69) is 6.92 Å². The van der Waals surface area contributed by atoms with Crippen LogP contribution >= 0.6 is 0 Å². The van der Waals surface area contributed by atoms with Gasteiger partial charge in [0.1, 0.15) is 23.0 Å². The highest BCUT2D eigenvalue weighted by Gasteiger charge is 2.22. The lowest BCUT2D eigenvalue weighted by atomic mass is 9.87. The Hall–Kier alpha value is -2.36. The summed E-state index contributed by atoms with van der Waals surface area (Å²) >= 11 is 0. The predicted molar refractivity (Wildman–Crippen MR) is 99.9 cm³/mol. The monoisotopic (exact) mass is 344 g/mol. The average Bonchev–Trinajstić information content (AvgIpc) is 2.50. The third-order valence-electron chi connectivity index (χ3n) is 3.88. The molecule has 136 valence electrons. The first-order valence-corrected chi connectivity index (χ1v) is 8.81. The molecule has 2 aromatic rings. The Bertz CT molecular complexity index is 648. The van der Waals surface area contributed by atoms with Crippen LogP contribution in [0.1, 0.15) is 58.1 Å². The summed E-state index contributed by atoms with van der Waals surface area (Å²) < 4.78 is 11.8. The van der Waals surface area contributed by atoms with Gasteiger partial charge in [0, 0.05) is 29.2 Å². The van der Waals surface area contributed by atoms with Crippen molar-refractivity contribution in [2.45, 2.75) is 59.2 Å². The molecule has 0 saturated heterocycles. The van der Waals surface area contributed by atoms with Crippen molar-refractivity contribution in [1.82, 2.24) is 0 Å². The predicted octanol–water partition coefficient (Wildman–Crippen LogP) is 5.21. The zero-order valence-electron chi connectivity index (χ0n) is 15.6. The third-order valence-corrected chi connectivity index (χ3v) is 3.88. The van der Waals surface area contributed by atoms with E-state index < -0.39 is 0 Å². The van der Waals surface area contributed by atoms with Gasteiger partial charge in [-0.15, -0.1) is 0 Å². The summed E-state index contributed by atoms with van der Waals surface area (Å²) in [6.07, 6.45) is 0.840. The summed E-state index contributed by atoms with van der Waals surface area (Å²) in [5, 5.41) is 19.7. The van der Waals surface area contributed by atoms with Crippen molar-refractivity contribution in [2.24, 2.45) is 0 Å². The molecule has 0 saturated carbocycles. The third kappa shape index (κ3) is 4.81. The highest BCUT2D eigenvalue weighted by Crippen LogP contribution is 2.41. The van der Waals surface area contributed by atoms with E-state index >= 15 is 0 Å². The second kappa shape index (κ2) is 8.15. The number of hydrogen-bond donors (Lipinski definition) is 2. The quantitative estimate of drug-likeness (QED) is 0.723. The van der Waals surface area contributed by atoms with Crippen LogP contribution in [0.2, 0.25) is 0 Å². The first-order chi connectivity index (χ1) is 11.8. The number of rotatable bonds is 7. The fourth-order valence-electron chi connectivity index (χ4n) is 2.94. The molecule has 0 heterocycles. The molecule has 2 N–H and O–H groups in total. The Labute approximate surface area is 150 Å². The molecule has 4 heteroatoms. The number of ether oxygens (including phenoxy) is 2. The van der Waals surface area contributed by atoms with E-state index in [1.54, 1.807) is 24.3 Å². The lowest BCUT2D eigenvalue weighted by Crippen LogP contribution is -2.12. The van der Waals surface area contributed by atoms with Crippen molar-refractivity contribution in [3.63, 3.8) is 0 Å². The van der Waals surface area contributed by atoms with Crippen molar-refractivity contribution in [2.75, 3.05) is 0 Å². The molecule has 0 fully saturated rings. The molecule has 0 aromatic heterocycles. The summed E-state index contributed by atoms with van der Waals surface area (Å²) in [5.41, 5.74) is 1.99. The van der Waals surface area contributed by atoms with Crippen LogP contribution in [0.15, 0.2) is 36.4 Å². The second-order valence-electron chi connectivity index (χ2n) is 6.74. The van der Waals surface area contributed by atoms with Crippen LogP contribution in [0.5, 0.6) is 23.0 Å². The molecule has 0 amide bonds. The van der Waals surface area contributed by atoms with E-state index in [-0.39, 0.29) is 29.6 Å². The number of aromatic hydroxyl groups is 2. The smallest absolute Gasteiger partial charge is 0.127 e. The minimum absolute atomic E-state index is 0.00394. The lowest BCUT2D eigenvalue weighted by molar-refractivity contribution is 0.234. The zero-order valence-corrected chi connectivity index (χ0v) is 15.6. The van der Waals surface area contributed by atoms with E-state index in [9.17, 15) is 10.2 Å². The van der Waals surface area contributed by atoms with Crippen molar-refractivity contribution in [3.05, 3.63) is 47.5 Å². The maximum atomic E-state index is 9.85. The Morgan fingerprint density at radius 1 is 0.760 bits per heavy atom. The maximum Gasteiger partial charge on any atom is 0.127 e. The van der Waals surface area contributed by atoms with Gasteiger partial charge in [0.25, 0.3) is 0 Å². The van der Waals surface area contributed by atoms with Gasteiger partial charge in [-0.25, -0.2) is 0 Å². The molecular formula is C21H28O4. The lowest BCUT2D eigenvalue weighted by Gasteiger charge is -2.24. The normalized spacial score (nSPS) is 11.4. The fourth-order valence-corrected chi connectivity index (χ4v) is 2.94. The fraction of sp³-hybridized carbons (Fsp3) is 0.429. The van der Waals surface area contributed by atoms with Crippen molar-refractivity contribution in [1.29, 1.82) is 0 Å². The number of benzene rings is 2. The van der Waals surface area contributed by atoms with Crippen LogP contribution < -0.4 is 9.47 Å². The van der Waals surface area contributed by atoms with Crippen LogP contribution in [-0.4, -0.2) is 22.4 Å². The van der Waals surface area contributed by atoms with Crippen LogP contribution in [0.4, 0.5) is 0 Å². The minimum Gasteiger partial charge on any atom is -0.508 e. The van der Waals surface area contributed by atoms with E-state index in [4.69, 9.17) is 9.47 Å². The largest absolute Gasteiger partial charge is 0.508 e. The molecule has 0 aliphatic carbocycles. The van der Waals surface area contributed by atoms with E-state index in [0.717, 1.165) is 17.5 Å². The van der Waals surface area contributed by atoms with Gasteiger partial charge >= 0.3 is 0 Å². The zero-order chi connectivity index (χ0) is 18.6. The molecule has 0 aliphatic heterocycles. The van der Waals surface area contributed by atoms with Crippen LogP contribution in [-0.2, 0) is 0 Å². The SMILES string of the molecule is CCC(c1ccc(O)cc1OC(C)C)c1ccc(O)cc1OC(C)C. The van der Waals surface area contributed by atoms with Crippen LogP contribution in [0.3, 0.4) is 0 Å². The molecule has 0 atom stereocenters. The highest BCUT2D eigenvalue weighted by molar-refractivity contribution is 5.51. The van der Waals surface area contributed by atoms with E-state index in [0.29, 0.717) is 11.5 Å². The van der Waals surface area contributed by atoms with Gasteiger partial charge in [0.05, 0.1) is 12.2 Å². The van der Waals surface area contributed by atoms with E-state index in [1.165, 1.54) is 0 Å². The van der Waals surface area contributed by atoms with Gasteiger partial charge in [-0.05, 0) is 46.2 Å². The molecule has 0 spiro atoms. The van der Waals surface area contributed by atoms with Crippen molar-refractivity contribution in [3.8, 4) is 23.0 Å². The van der Waals surface area contributed by atoms with Gasteiger partial charge in [-0.1, -0.05) is 19.1 Å². The van der Waals surface area contributed by atoms with Gasteiger partial charge in [0.15, 0.2) is 0 Å². The first-order valence-electron chi connectivity index (χ1n) is 8.81. The molecule has 25 heavy (non-hydrogen) atoms. The van der Waals surface area contributed by atoms with Gasteiger partial charge in [0.2, 0.25) is 0 Å². The molecule has 2 aromatic carbocycles. The Balaban J connectivity index is 2.54. The Kier molecular flexibility index (Phi) is 6.18. The Morgan fingerprint density at radius 3 is 1.48 bits per heavy atom. The molecule has 4 nitrogen and oxygen atoms in total. The summed E-state index contributed by atoms with van der Waals surface area (Å²) in [7, 11) is 0. The molecule has 0 bridgehead atoms. The number of hydrogen-bond acceptors (Lipinski definition) is 4. The maximum absolute atomic E-state index is 9.85. The molecule has 2 rings (SSSR count). The molecule has 0 unspecified atom stereocenters. The average molecular weight is 344 g/mol. The standard InChI is InChI=1S/C21H28O4/c1-6-17(18-9-7-15(22)11-20(18)24-13(2)3)19-10-8-16(23)12-21(19)25-14(4)5/h7-14,17,22-23H,6H2,1-5H3. The summed E-state index contributed by atoms with van der Waals surface area (Å²) in [6, 6.07) is 10.5. The van der Waals surface area contributed by atoms with Crippen molar-refractivity contribution >= 4 is 0 Å². The number of phenolic OH excluding ortho intramolecular Hbond substituents is 2. The van der Waals surface area contributed by atoms with E-state index in [1.807, 2.05) is 39.8 Å². The summed E-state index contributed by atoms with van der Waals surface area (Å²) in [4.78, 5) is 0.